The highest BCUT2D eigenvalue weighted by molar-refractivity contribution is 5.74. The number of carbonyl (C=O) groups excluding carboxylic acids is 1. The van der Waals surface area contributed by atoms with E-state index in [2.05, 4.69) is 14.8 Å². The third-order valence-electron chi connectivity index (χ3n) is 3.75. The summed E-state index contributed by atoms with van der Waals surface area (Å²) in [7, 11) is 5.15. The summed E-state index contributed by atoms with van der Waals surface area (Å²) in [5.41, 5.74) is 0.993. The molecule has 0 spiro atoms. The van der Waals surface area contributed by atoms with Gasteiger partial charge < -0.3 is 19.1 Å². The van der Waals surface area contributed by atoms with Crippen LogP contribution in [0.15, 0.2) is 24.3 Å². The lowest BCUT2D eigenvalue weighted by Gasteiger charge is -2.30. The van der Waals surface area contributed by atoms with Crippen LogP contribution in [0.3, 0.4) is 0 Å². The molecule has 2 aromatic rings. The van der Waals surface area contributed by atoms with Crippen molar-refractivity contribution in [3.05, 3.63) is 30.1 Å². The molecule has 0 saturated carbocycles. The minimum atomic E-state index is 0.000229. The van der Waals surface area contributed by atoms with Gasteiger partial charge in [0.1, 0.15) is 5.75 Å². The third-order valence-corrected chi connectivity index (χ3v) is 3.75. The van der Waals surface area contributed by atoms with Crippen LogP contribution >= 0.6 is 0 Å². The number of urea groups is 1. The van der Waals surface area contributed by atoms with E-state index in [-0.39, 0.29) is 6.03 Å². The number of amides is 2. The van der Waals surface area contributed by atoms with Crippen LogP contribution in [0.4, 0.5) is 4.79 Å². The average Bonchev–Trinajstić information content (AvgIpc) is 2.97. The van der Waals surface area contributed by atoms with Crippen LogP contribution in [0.25, 0.3) is 11.4 Å². The molecule has 22 heavy (non-hydrogen) atoms. The average molecular weight is 301 g/mol. The standard InChI is InChI=1S/C15H19N5O2/c1-18(2)15(21)19-8-9-20-13(10-19)16-17-14(20)11-4-6-12(22-3)7-5-11/h4-7H,8-10H2,1-3H3. The molecule has 0 fully saturated rings. The first-order chi connectivity index (χ1) is 10.6. The summed E-state index contributed by atoms with van der Waals surface area (Å²) in [6, 6.07) is 7.74. The van der Waals surface area contributed by atoms with Crippen LogP contribution < -0.4 is 4.74 Å². The van der Waals surface area contributed by atoms with Crippen LogP contribution in [0.2, 0.25) is 0 Å². The molecule has 7 nitrogen and oxygen atoms in total. The molecule has 3 rings (SSSR count). The molecule has 0 unspecified atom stereocenters. The van der Waals surface area contributed by atoms with Crippen molar-refractivity contribution in [2.75, 3.05) is 27.7 Å². The minimum Gasteiger partial charge on any atom is -0.497 e. The zero-order chi connectivity index (χ0) is 15.7. The SMILES string of the molecule is COc1ccc(-c2nnc3n2CCN(C(=O)N(C)C)C3)cc1. The molecule has 2 heterocycles. The normalized spacial score (nSPS) is 13.7. The second-order valence-electron chi connectivity index (χ2n) is 5.42. The molecule has 1 aromatic heterocycles. The fourth-order valence-electron chi connectivity index (χ4n) is 2.56. The van der Waals surface area contributed by atoms with Crippen molar-refractivity contribution >= 4 is 6.03 Å². The summed E-state index contributed by atoms with van der Waals surface area (Å²) < 4.78 is 7.24. The predicted molar refractivity (Wildman–Crippen MR) is 81.5 cm³/mol. The van der Waals surface area contributed by atoms with Gasteiger partial charge in [-0.15, -0.1) is 10.2 Å². The van der Waals surface area contributed by atoms with Gasteiger partial charge in [0, 0.05) is 32.7 Å². The number of hydrogen-bond acceptors (Lipinski definition) is 4. The van der Waals surface area contributed by atoms with Crippen molar-refractivity contribution in [3.63, 3.8) is 0 Å². The van der Waals surface area contributed by atoms with E-state index in [1.54, 1.807) is 31.0 Å². The quantitative estimate of drug-likeness (QED) is 0.842. The van der Waals surface area contributed by atoms with Gasteiger partial charge in [0.05, 0.1) is 13.7 Å². The molecule has 0 N–H and O–H groups in total. The zero-order valence-electron chi connectivity index (χ0n) is 13.0. The van der Waals surface area contributed by atoms with Gasteiger partial charge >= 0.3 is 6.03 Å². The largest absolute Gasteiger partial charge is 0.497 e. The molecular formula is C15H19N5O2. The number of benzene rings is 1. The fraction of sp³-hybridized carbons (Fsp3) is 0.400. The van der Waals surface area contributed by atoms with Crippen LogP contribution in [0, 0.1) is 0 Å². The van der Waals surface area contributed by atoms with E-state index in [1.807, 2.05) is 24.3 Å². The Morgan fingerprint density at radius 1 is 1.18 bits per heavy atom. The third kappa shape index (κ3) is 2.49. The number of aromatic nitrogens is 3. The van der Waals surface area contributed by atoms with Gasteiger partial charge in [-0.05, 0) is 24.3 Å². The fourth-order valence-corrected chi connectivity index (χ4v) is 2.56. The molecule has 1 aromatic carbocycles. The van der Waals surface area contributed by atoms with Crippen molar-refractivity contribution in [1.29, 1.82) is 0 Å². The Hall–Kier alpha value is -2.57. The molecular weight excluding hydrogens is 282 g/mol. The summed E-state index contributed by atoms with van der Waals surface area (Å²) >= 11 is 0. The van der Waals surface area contributed by atoms with E-state index >= 15 is 0 Å². The maximum Gasteiger partial charge on any atom is 0.319 e. The highest BCUT2D eigenvalue weighted by Crippen LogP contribution is 2.24. The van der Waals surface area contributed by atoms with E-state index in [1.165, 1.54) is 0 Å². The van der Waals surface area contributed by atoms with E-state index in [0.29, 0.717) is 19.6 Å². The van der Waals surface area contributed by atoms with Crippen molar-refractivity contribution < 1.29 is 9.53 Å². The first kappa shape index (κ1) is 14.4. The maximum atomic E-state index is 12.0. The zero-order valence-corrected chi connectivity index (χ0v) is 13.0. The van der Waals surface area contributed by atoms with Gasteiger partial charge in [-0.2, -0.15) is 0 Å². The molecule has 116 valence electrons. The van der Waals surface area contributed by atoms with Gasteiger partial charge in [0.2, 0.25) is 0 Å². The van der Waals surface area contributed by atoms with Crippen LogP contribution in [0.1, 0.15) is 5.82 Å². The van der Waals surface area contributed by atoms with Gasteiger partial charge in [0.15, 0.2) is 11.6 Å². The number of rotatable bonds is 2. The molecule has 7 heteroatoms. The number of ether oxygens (including phenoxy) is 1. The molecule has 2 amide bonds. The number of hydrogen-bond donors (Lipinski definition) is 0. The molecule has 1 aliphatic rings. The Kier molecular flexibility index (Phi) is 3.70. The van der Waals surface area contributed by atoms with Crippen molar-refractivity contribution in [3.8, 4) is 17.1 Å². The highest BCUT2D eigenvalue weighted by atomic mass is 16.5. The maximum absolute atomic E-state index is 12.0. The summed E-state index contributed by atoms with van der Waals surface area (Å²) in [5, 5.41) is 8.52. The predicted octanol–water partition coefficient (Wildman–Crippen LogP) is 1.45. The number of methoxy groups -OCH3 is 1. The van der Waals surface area contributed by atoms with Crippen LogP contribution in [0.5, 0.6) is 5.75 Å². The summed E-state index contributed by atoms with van der Waals surface area (Å²) in [5.74, 6) is 2.45. The monoisotopic (exact) mass is 301 g/mol. The Morgan fingerprint density at radius 3 is 2.55 bits per heavy atom. The van der Waals surface area contributed by atoms with Crippen molar-refractivity contribution in [1.82, 2.24) is 24.6 Å². The lowest BCUT2D eigenvalue weighted by molar-refractivity contribution is 0.156. The summed E-state index contributed by atoms with van der Waals surface area (Å²) in [4.78, 5) is 15.4. The van der Waals surface area contributed by atoms with E-state index in [0.717, 1.165) is 23.0 Å². The first-order valence-electron chi connectivity index (χ1n) is 7.13. The molecule has 1 aliphatic heterocycles. The Labute approximate surface area is 129 Å². The Morgan fingerprint density at radius 2 is 1.91 bits per heavy atom. The lowest BCUT2D eigenvalue weighted by Crippen LogP contribution is -2.43. The van der Waals surface area contributed by atoms with E-state index < -0.39 is 0 Å². The van der Waals surface area contributed by atoms with Gasteiger partial charge in [-0.25, -0.2) is 4.79 Å². The van der Waals surface area contributed by atoms with Crippen LogP contribution in [-0.2, 0) is 13.1 Å². The molecule has 0 bridgehead atoms. The molecule has 0 saturated heterocycles. The Balaban J connectivity index is 1.85. The first-order valence-corrected chi connectivity index (χ1v) is 7.13. The number of carbonyl (C=O) groups is 1. The van der Waals surface area contributed by atoms with Gasteiger partial charge in [-0.3, -0.25) is 0 Å². The molecule has 0 radical (unpaired) electrons. The number of fused-ring (bicyclic) bond motifs is 1. The lowest BCUT2D eigenvalue weighted by atomic mass is 10.2. The number of nitrogens with zero attached hydrogens (tertiary/aromatic N) is 5. The smallest absolute Gasteiger partial charge is 0.319 e. The molecule has 0 atom stereocenters. The highest BCUT2D eigenvalue weighted by Gasteiger charge is 2.25. The van der Waals surface area contributed by atoms with Gasteiger partial charge in [0.25, 0.3) is 0 Å². The Bertz CT molecular complexity index is 678. The van der Waals surface area contributed by atoms with E-state index in [4.69, 9.17) is 4.74 Å². The van der Waals surface area contributed by atoms with Crippen molar-refractivity contribution in [2.24, 2.45) is 0 Å². The second-order valence-corrected chi connectivity index (χ2v) is 5.42. The minimum absolute atomic E-state index is 0.000229. The van der Waals surface area contributed by atoms with E-state index in [9.17, 15) is 4.79 Å². The summed E-state index contributed by atoms with van der Waals surface area (Å²) in [6.45, 7) is 1.84. The summed E-state index contributed by atoms with van der Waals surface area (Å²) in [6.07, 6.45) is 0. The van der Waals surface area contributed by atoms with Crippen molar-refractivity contribution in [2.45, 2.75) is 13.1 Å². The van der Waals surface area contributed by atoms with Gasteiger partial charge in [-0.1, -0.05) is 0 Å². The molecule has 0 aliphatic carbocycles. The topological polar surface area (TPSA) is 63.5 Å². The second kappa shape index (κ2) is 5.67. The van der Waals surface area contributed by atoms with Crippen LogP contribution in [-0.4, -0.2) is 58.3 Å².